The van der Waals surface area contributed by atoms with Gasteiger partial charge in [0.25, 0.3) is 0 Å². The van der Waals surface area contributed by atoms with Crippen LogP contribution in [0.15, 0.2) is 40.9 Å². The zero-order valence-electron chi connectivity index (χ0n) is 10.3. The third-order valence-corrected chi connectivity index (χ3v) is 3.48. The Morgan fingerprint density at radius 3 is 2.70 bits per heavy atom. The van der Waals surface area contributed by atoms with Gasteiger partial charge in [-0.15, -0.1) is 0 Å². The third-order valence-electron chi connectivity index (χ3n) is 2.63. The molecule has 2 aromatic carbocycles. The Labute approximate surface area is 129 Å². The van der Waals surface area contributed by atoms with Crippen molar-refractivity contribution in [3.63, 3.8) is 0 Å². The number of aromatic carboxylic acids is 1. The number of hydrogen-bond acceptors (Lipinski definition) is 3. The van der Waals surface area contributed by atoms with E-state index in [0.29, 0.717) is 10.7 Å². The van der Waals surface area contributed by atoms with Crippen molar-refractivity contribution in [2.75, 3.05) is 5.73 Å². The lowest BCUT2D eigenvalue weighted by molar-refractivity contribution is 0.0692. The predicted octanol–water partition coefficient (Wildman–Crippen LogP) is 3.96. The highest BCUT2D eigenvalue weighted by molar-refractivity contribution is 9.10. The minimum absolute atomic E-state index is 0.0624. The fourth-order valence-corrected chi connectivity index (χ4v) is 2.36. The standard InChI is InChI=1S/C14H11BrClNO3/c15-9-2-1-8(12(16)5-9)7-20-13-6-10(17)3-4-11(13)14(18)19/h1-6H,7,17H2,(H,18,19). The molecule has 0 spiro atoms. The van der Waals surface area contributed by atoms with Crippen LogP contribution < -0.4 is 10.5 Å². The lowest BCUT2D eigenvalue weighted by Crippen LogP contribution is -2.04. The molecular formula is C14H11BrClNO3. The monoisotopic (exact) mass is 355 g/mol. The molecule has 0 amide bonds. The van der Waals surface area contributed by atoms with E-state index in [1.807, 2.05) is 6.07 Å². The first-order chi connectivity index (χ1) is 9.47. The molecule has 20 heavy (non-hydrogen) atoms. The molecule has 0 atom stereocenters. The van der Waals surface area contributed by atoms with Gasteiger partial charge in [-0.05, 0) is 24.3 Å². The van der Waals surface area contributed by atoms with Gasteiger partial charge in [0.2, 0.25) is 0 Å². The number of nitrogen functional groups attached to an aromatic ring is 1. The summed E-state index contributed by atoms with van der Waals surface area (Å²) in [5.41, 5.74) is 6.90. The summed E-state index contributed by atoms with van der Waals surface area (Å²) in [6, 6.07) is 9.80. The van der Waals surface area contributed by atoms with Gasteiger partial charge in [0.05, 0.1) is 0 Å². The molecule has 0 saturated heterocycles. The number of carboxylic acids is 1. The molecular weight excluding hydrogens is 346 g/mol. The Hall–Kier alpha value is -1.72. The molecule has 0 bridgehead atoms. The van der Waals surface area contributed by atoms with Crippen LogP contribution in [0.4, 0.5) is 5.69 Å². The van der Waals surface area contributed by atoms with Crippen molar-refractivity contribution in [1.82, 2.24) is 0 Å². The molecule has 0 heterocycles. The number of ether oxygens (including phenoxy) is 1. The molecule has 0 aliphatic carbocycles. The van der Waals surface area contributed by atoms with Crippen molar-refractivity contribution >= 4 is 39.2 Å². The molecule has 0 saturated carbocycles. The Morgan fingerprint density at radius 1 is 1.30 bits per heavy atom. The molecule has 0 aromatic heterocycles. The summed E-state index contributed by atoms with van der Waals surface area (Å²) in [6.07, 6.45) is 0. The summed E-state index contributed by atoms with van der Waals surface area (Å²) >= 11 is 9.39. The molecule has 2 aromatic rings. The summed E-state index contributed by atoms with van der Waals surface area (Å²) in [5.74, 6) is -0.849. The lowest BCUT2D eigenvalue weighted by atomic mass is 10.2. The Balaban J connectivity index is 2.22. The van der Waals surface area contributed by atoms with Crippen LogP contribution in [0, 0.1) is 0 Å². The fraction of sp³-hybridized carbons (Fsp3) is 0.0714. The SMILES string of the molecule is Nc1ccc(C(=O)O)c(OCc2ccc(Br)cc2Cl)c1. The van der Waals surface area contributed by atoms with E-state index in [4.69, 9.17) is 27.2 Å². The van der Waals surface area contributed by atoms with Crippen molar-refractivity contribution in [2.24, 2.45) is 0 Å². The van der Waals surface area contributed by atoms with E-state index in [0.717, 1.165) is 10.0 Å². The molecule has 0 unspecified atom stereocenters. The minimum Gasteiger partial charge on any atom is -0.488 e. The fourth-order valence-electron chi connectivity index (χ4n) is 1.63. The van der Waals surface area contributed by atoms with Crippen LogP contribution in [0.25, 0.3) is 0 Å². The van der Waals surface area contributed by atoms with Gasteiger partial charge in [0.15, 0.2) is 0 Å². The maximum atomic E-state index is 11.1. The van der Waals surface area contributed by atoms with Gasteiger partial charge in [0.1, 0.15) is 17.9 Å². The van der Waals surface area contributed by atoms with Crippen molar-refractivity contribution in [3.8, 4) is 5.75 Å². The number of carboxylic acid groups (broad SMARTS) is 1. The minimum atomic E-state index is -1.07. The lowest BCUT2D eigenvalue weighted by Gasteiger charge is -2.11. The maximum absolute atomic E-state index is 11.1. The van der Waals surface area contributed by atoms with Crippen molar-refractivity contribution < 1.29 is 14.6 Å². The zero-order valence-corrected chi connectivity index (χ0v) is 12.6. The van der Waals surface area contributed by atoms with Crippen molar-refractivity contribution in [1.29, 1.82) is 0 Å². The van der Waals surface area contributed by atoms with Gasteiger partial charge in [0, 0.05) is 26.8 Å². The topological polar surface area (TPSA) is 72.6 Å². The first kappa shape index (κ1) is 14.7. The smallest absolute Gasteiger partial charge is 0.339 e. The van der Waals surface area contributed by atoms with E-state index < -0.39 is 5.97 Å². The molecule has 6 heteroatoms. The summed E-state index contributed by atoms with van der Waals surface area (Å²) in [5, 5.41) is 9.63. The summed E-state index contributed by atoms with van der Waals surface area (Å²) in [4.78, 5) is 11.1. The van der Waals surface area contributed by atoms with Crippen LogP contribution in [0.5, 0.6) is 5.75 Å². The van der Waals surface area contributed by atoms with Gasteiger partial charge < -0.3 is 15.6 Å². The first-order valence-electron chi connectivity index (χ1n) is 5.67. The molecule has 104 valence electrons. The third kappa shape index (κ3) is 3.43. The molecule has 0 radical (unpaired) electrons. The Morgan fingerprint density at radius 2 is 2.05 bits per heavy atom. The first-order valence-corrected chi connectivity index (χ1v) is 6.84. The molecule has 2 rings (SSSR count). The molecule has 0 aliphatic rings. The number of rotatable bonds is 4. The highest BCUT2D eigenvalue weighted by Crippen LogP contribution is 2.26. The molecule has 0 aliphatic heterocycles. The van der Waals surface area contributed by atoms with Gasteiger partial charge >= 0.3 is 5.97 Å². The average molecular weight is 357 g/mol. The van der Waals surface area contributed by atoms with Gasteiger partial charge in [-0.2, -0.15) is 0 Å². The summed E-state index contributed by atoms with van der Waals surface area (Å²) in [6.45, 7) is 0.163. The number of halogens is 2. The second kappa shape index (κ2) is 6.15. The number of carbonyl (C=O) groups is 1. The van der Waals surface area contributed by atoms with Crippen LogP contribution in [0.2, 0.25) is 5.02 Å². The quantitative estimate of drug-likeness (QED) is 0.813. The van der Waals surface area contributed by atoms with E-state index in [9.17, 15) is 4.79 Å². The van der Waals surface area contributed by atoms with E-state index >= 15 is 0 Å². The van der Waals surface area contributed by atoms with Crippen LogP contribution >= 0.6 is 27.5 Å². The van der Waals surface area contributed by atoms with Gasteiger partial charge in [-0.1, -0.05) is 33.6 Å². The normalized spacial score (nSPS) is 10.3. The van der Waals surface area contributed by atoms with Crippen molar-refractivity contribution in [2.45, 2.75) is 6.61 Å². The van der Waals surface area contributed by atoms with Crippen LogP contribution in [0.1, 0.15) is 15.9 Å². The van der Waals surface area contributed by atoms with E-state index in [-0.39, 0.29) is 17.9 Å². The summed E-state index contributed by atoms with van der Waals surface area (Å²) < 4.78 is 6.39. The van der Waals surface area contributed by atoms with E-state index in [1.165, 1.54) is 18.2 Å². The van der Waals surface area contributed by atoms with Crippen LogP contribution in [-0.2, 0) is 6.61 Å². The Kier molecular flexibility index (Phi) is 4.52. The maximum Gasteiger partial charge on any atom is 0.339 e. The van der Waals surface area contributed by atoms with Gasteiger partial charge in [-0.25, -0.2) is 4.79 Å². The second-order valence-corrected chi connectivity index (χ2v) is 5.41. The number of nitrogens with two attached hydrogens (primary N) is 1. The Bertz CT molecular complexity index is 661. The number of hydrogen-bond donors (Lipinski definition) is 2. The average Bonchev–Trinajstić information content (AvgIpc) is 2.37. The van der Waals surface area contributed by atoms with Crippen LogP contribution in [-0.4, -0.2) is 11.1 Å². The molecule has 4 nitrogen and oxygen atoms in total. The van der Waals surface area contributed by atoms with Crippen molar-refractivity contribution in [3.05, 3.63) is 57.0 Å². The highest BCUT2D eigenvalue weighted by Gasteiger charge is 2.12. The highest BCUT2D eigenvalue weighted by atomic mass is 79.9. The van der Waals surface area contributed by atoms with Gasteiger partial charge in [-0.3, -0.25) is 0 Å². The van der Waals surface area contributed by atoms with E-state index in [1.54, 1.807) is 12.1 Å². The largest absolute Gasteiger partial charge is 0.488 e. The van der Waals surface area contributed by atoms with Crippen LogP contribution in [0.3, 0.4) is 0 Å². The second-order valence-electron chi connectivity index (χ2n) is 4.09. The molecule has 0 fully saturated rings. The molecule has 3 N–H and O–H groups in total. The zero-order chi connectivity index (χ0) is 14.7. The number of anilines is 1. The summed E-state index contributed by atoms with van der Waals surface area (Å²) in [7, 11) is 0. The number of benzene rings is 2. The van der Waals surface area contributed by atoms with E-state index in [2.05, 4.69) is 15.9 Å². The predicted molar refractivity (Wildman–Crippen MR) is 81.3 cm³/mol.